The van der Waals surface area contributed by atoms with Gasteiger partial charge in [-0.05, 0) is 66.4 Å². The van der Waals surface area contributed by atoms with E-state index in [1.54, 1.807) is 13.0 Å². The van der Waals surface area contributed by atoms with Crippen molar-refractivity contribution in [2.75, 3.05) is 0 Å². The zero-order valence-corrected chi connectivity index (χ0v) is 10.7. The van der Waals surface area contributed by atoms with Crippen LogP contribution < -0.4 is 5.73 Å². The van der Waals surface area contributed by atoms with Crippen molar-refractivity contribution in [3.8, 4) is 0 Å². The summed E-state index contributed by atoms with van der Waals surface area (Å²) in [6.07, 6.45) is -4.55. The maximum absolute atomic E-state index is 11.8. The van der Waals surface area contributed by atoms with Crippen LogP contribution in [-0.4, -0.2) is 5.91 Å². The Hall–Kier alpha value is -1.28. The zero-order valence-electron chi connectivity index (χ0n) is 14.9. The van der Waals surface area contributed by atoms with Gasteiger partial charge in [-0.1, -0.05) is 17.7 Å². The second kappa shape index (κ2) is 4.13. The Labute approximate surface area is 119 Å². The average Bonchev–Trinajstić information content (AvgIpc) is 2.80. The number of carbonyl (C=O) groups excluding carboxylic acids is 1. The molecule has 0 saturated carbocycles. The molecule has 2 nitrogen and oxygen atoms in total. The molecule has 2 N–H and O–H groups in total. The summed E-state index contributed by atoms with van der Waals surface area (Å²) in [5.74, 6) is -1.53. The molecular weight excluding hydrogens is 246 g/mol. The minimum absolute atomic E-state index is 0.0172. The third-order valence-electron chi connectivity index (χ3n) is 3.53. The van der Waals surface area contributed by atoms with Crippen LogP contribution in [0.15, 0.2) is 17.7 Å². The van der Waals surface area contributed by atoms with Crippen molar-refractivity contribution in [3.05, 3.63) is 39.4 Å². The van der Waals surface area contributed by atoms with E-state index in [1.165, 1.54) is 0 Å². The van der Waals surface area contributed by atoms with Gasteiger partial charge in [-0.15, -0.1) is 0 Å². The summed E-state index contributed by atoms with van der Waals surface area (Å²) in [7, 11) is 0. The van der Waals surface area contributed by atoms with Crippen molar-refractivity contribution in [1.82, 2.24) is 0 Å². The van der Waals surface area contributed by atoms with Gasteiger partial charge in [0, 0.05) is 10.5 Å². The first-order valence-electron chi connectivity index (χ1n) is 8.31. The van der Waals surface area contributed by atoms with Crippen LogP contribution in [0.3, 0.4) is 0 Å². The van der Waals surface area contributed by atoms with Gasteiger partial charge in [0.1, 0.15) is 0 Å². The van der Waals surface area contributed by atoms with Gasteiger partial charge in [0.25, 0.3) is 0 Å². The predicted molar refractivity (Wildman–Crippen MR) is 73.3 cm³/mol. The Morgan fingerprint density at radius 2 is 2.44 bits per heavy atom. The number of benzene rings is 1. The van der Waals surface area contributed by atoms with E-state index in [0.717, 1.165) is 0 Å². The molecule has 2 aliphatic carbocycles. The molecule has 1 atom stereocenters. The third-order valence-corrected chi connectivity index (χ3v) is 3.92. The lowest BCUT2D eigenvalue weighted by molar-refractivity contribution is -0.121. The fourth-order valence-electron chi connectivity index (χ4n) is 2.58. The molecule has 18 heavy (non-hydrogen) atoms. The first-order valence-corrected chi connectivity index (χ1v) is 6.18. The van der Waals surface area contributed by atoms with E-state index < -0.39 is 24.6 Å². The number of carbonyl (C=O) groups is 1. The third kappa shape index (κ3) is 1.67. The molecule has 0 aromatic heterocycles. The number of fused-ring (bicyclic) bond motifs is 2. The highest BCUT2D eigenvalue weighted by Crippen LogP contribution is 2.45. The summed E-state index contributed by atoms with van der Waals surface area (Å²) >= 11 is 6.14. The lowest BCUT2D eigenvalue weighted by Gasteiger charge is -2.22. The van der Waals surface area contributed by atoms with Gasteiger partial charge in [0.2, 0.25) is 5.91 Å². The van der Waals surface area contributed by atoms with Crippen LogP contribution in [0, 0.1) is 12.8 Å². The van der Waals surface area contributed by atoms with E-state index >= 15 is 0 Å². The largest absolute Gasteiger partial charge is 0.369 e. The molecule has 0 fully saturated rings. The number of hydrogen-bond donors (Lipinski definition) is 1. The molecular formula is C15H16ClNO. The number of amides is 1. The molecule has 2 aliphatic rings. The standard InChI is InChI=1S/C15H16ClNO/c1-8-5-9-6-13-10(12(9)7-14(8)16)3-2-4-11(13)15(17)18/h5,7,11H,2-4,6H2,1H3,(H2,17,18)/i2D2,3D2,7D. The summed E-state index contributed by atoms with van der Waals surface area (Å²) < 4.78 is 41.0. The smallest absolute Gasteiger partial charge is 0.224 e. The van der Waals surface area contributed by atoms with Gasteiger partial charge in [-0.25, -0.2) is 0 Å². The monoisotopic (exact) mass is 266 g/mol. The van der Waals surface area contributed by atoms with Crippen LogP contribution in [0.25, 0.3) is 5.57 Å². The van der Waals surface area contributed by atoms with Crippen molar-refractivity contribution in [3.63, 3.8) is 0 Å². The quantitative estimate of drug-likeness (QED) is 0.833. The molecule has 1 aromatic carbocycles. The molecule has 94 valence electrons. The molecule has 1 aromatic rings. The highest BCUT2D eigenvalue weighted by atomic mass is 35.5. The lowest BCUT2D eigenvalue weighted by Crippen LogP contribution is -2.27. The second-order valence-corrected chi connectivity index (χ2v) is 5.08. The van der Waals surface area contributed by atoms with Crippen molar-refractivity contribution >= 4 is 23.1 Å². The first-order chi connectivity index (χ1) is 10.5. The summed E-state index contributed by atoms with van der Waals surface area (Å²) in [6.45, 7) is 1.76. The van der Waals surface area contributed by atoms with Crippen molar-refractivity contribution < 1.29 is 11.6 Å². The molecule has 3 rings (SSSR count). The average molecular weight is 267 g/mol. The van der Waals surface area contributed by atoms with Gasteiger partial charge in [-0.2, -0.15) is 0 Å². The first kappa shape index (κ1) is 7.34. The molecule has 1 unspecified atom stereocenters. The number of halogens is 1. The van der Waals surface area contributed by atoms with Crippen LogP contribution in [0.4, 0.5) is 0 Å². The minimum Gasteiger partial charge on any atom is -0.369 e. The van der Waals surface area contributed by atoms with Gasteiger partial charge in [-0.3, -0.25) is 4.79 Å². The SMILES string of the molecule is [2H]c1c(Cl)c(C)cc2c1C1=C(C2)C(C(N)=O)CC([2H])([2H])C1([2H])[2H]. The number of rotatable bonds is 1. The van der Waals surface area contributed by atoms with E-state index in [9.17, 15) is 4.79 Å². The molecule has 0 heterocycles. The maximum atomic E-state index is 11.8. The van der Waals surface area contributed by atoms with E-state index in [2.05, 4.69) is 0 Å². The van der Waals surface area contributed by atoms with Crippen molar-refractivity contribution in [2.45, 2.75) is 32.5 Å². The Bertz CT molecular complexity index is 772. The predicted octanol–water partition coefficient (Wildman–Crippen LogP) is 3.24. The van der Waals surface area contributed by atoms with Crippen LogP contribution in [0.1, 0.15) is 42.7 Å². The summed E-state index contributed by atoms with van der Waals surface area (Å²) in [5, 5.41) is 0.218. The number of allylic oxidation sites excluding steroid dienone is 1. The number of nitrogens with two attached hydrogens (primary N) is 1. The van der Waals surface area contributed by atoms with Crippen LogP contribution in [0.2, 0.25) is 5.02 Å². The molecule has 0 aliphatic heterocycles. The number of aryl methyl sites for hydroxylation is 1. The van der Waals surface area contributed by atoms with Crippen molar-refractivity contribution in [2.24, 2.45) is 11.7 Å². The minimum atomic E-state index is -2.31. The van der Waals surface area contributed by atoms with Gasteiger partial charge in [0.05, 0.1) is 7.29 Å². The topological polar surface area (TPSA) is 43.1 Å². The highest BCUT2D eigenvalue weighted by Gasteiger charge is 2.33. The fraction of sp³-hybridized carbons (Fsp3) is 0.400. The van der Waals surface area contributed by atoms with E-state index in [4.69, 9.17) is 24.2 Å². The molecule has 0 spiro atoms. The normalized spacial score (nSPS) is 31.4. The Morgan fingerprint density at radius 3 is 3.17 bits per heavy atom. The molecule has 0 saturated heterocycles. The van der Waals surface area contributed by atoms with E-state index in [0.29, 0.717) is 28.7 Å². The summed E-state index contributed by atoms with van der Waals surface area (Å²) in [4.78, 5) is 11.8. The van der Waals surface area contributed by atoms with Crippen LogP contribution >= 0.6 is 11.6 Å². The van der Waals surface area contributed by atoms with Gasteiger partial charge < -0.3 is 5.73 Å². The molecule has 0 radical (unpaired) electrons. The van der Waals surface area contributed by atoms with Crippen molar-refractivity contribution in [1.29, 1.82) is 0 Å². The van der Waals surface area contributed by atoms with Crippen LogP contribution in [0.5, 0.6) is 0 Å². The van der Waals surface area contributed by atoms with E-state index in [1.807, 2.05) is 0 Å². The fourth-order valence-corrected chi connectivity index (χ4v) is 2.73. The molecule has 1 amide bonds. The maximum Gasteiger partial charge on any atom is 0.224 e. The Balaban J connectivity index is 2.34. The molecule has 0 bridgehead atoms. The summed E-state index contributed by atoms with van der Waals surface area (Å²) in [6, 6.07) is 1.76. The summed E-state index contributed by atoms with van der Waals surface area (Å²) in [5.41, 5.74) is 7.72. The Kier molecular flexibility index (Phi) is 1.68. The van der Waals surface area contributed by atoms with Gasteiger partial charge in [0.15, 0.2) is 0 Å². The lowest BCUT2D eigenvalue weighted by atomic mass is 9.82. The highest BCUT2D eigenvalue weighted by molar-refractivity contribution is 6.31. The molecule has 3 heteroatoms. The van der Waals surface area contributed by atoms with E-state index in [-0.39, 0.29) is 23.1 Å². The Morgan fingerprint density at radius 1 is 1.67 bits per heavy atom. The number of primary amides is 1. The van der Waals surface area contributed by atoms with Crippen LogP contribution in [-0.2, 0) is 11.2 Å². The van der Waals surface area contributed by atoms with Gasteiger partial charge >= 0.3 is 0 Å². The number of hydrogen-bond acceptors (Lipinski definition) is 1. The second-order valence-electron chi connectivity index (χ2n) is 4.70. The zero-order chi connectivity index (χ0) is 17.3.